The van der Waals surface area contributed by atoms with E-state index in [1.807, 2.05) is 30.5 Å². The normalized spacial score (nSPS) is 11.0. The van der Waals surface area contributed by atoms with Crippen molar-refractivity contribution in [2.45, 2.75) is 44.4 Å². The van der Waals surface area contributed by atoms with Gasteiger partial charge in [0.25, 0.3) is 5.91 Å². The Morgan fingerprint density at radius 1 is 1.07 bits per heavy atom. The molecule has 0 aromatic heterocycles. The molecule has 150 valence electrons. The molecule has 0 aliphatic carbocycles. The fourth-order valence-electron chi connectivity index (χ4n) is 2.87. The number of para-hydroxylation sites is 1. The second kappa shape index (κ2) is 9.99. The van der Waals surface area contributed by atoms with Gasteiger partial charge in [-0.2, -0.15) is 0 Å². The Hall–Kier alpha value is -1.98. The van der Waals surface area contributed by atoms with Gasteiger partial charge in [0.2, 0.25) is 0 Å². The molecule has 1 N–H and O–H groups in total. The van der Waals surface area contributed by atoms with E-state index < -0.39 is 5.97 Å². The van der Waals surface area contributed by atoms with Gasteiger partial charge >= 0.3 is 5.97 Å². The fourth-order valence-corrected chi connectivity index (χ4v) is 3.50. The van der Waals surface area contributed by atoms with Gasteiger partial charge < -0.3 is 10.1 Å². The van der Waals surface area contributed by atoms with Crippen LogP contribution in [0, 0.1) is 0 Å². The molecule has 6 heteroatoms. The summed E-state index contributed by atoms with van der Waals surface area (Å²) in [6.45, 7) is 7.94. The molecule has 1 amide bonds. The Balaban J connectivity index is 2.12. The van der Waals surface area contributed by atoms with Crippen molar-refractivity contribution in [2.75, 3.05) is 18.2 Å². The summed E-state index contributed by atoms with van der Waals surface area (Å²) in [6, 6.07) is 11.2. The molecule has 0 atom stereocenters. The third kappa shape index (κ3) is 5.52. The number of amides is 1. The molecular weight excluding hydrogens is 394 g/mol. The number of hydrogen-bond acceptors (Lipinski definition) is 4. The van der Waals surface area contributed by atoms with Crippen molar-refractivity contribution in [2.24, 2.45) is 0 Å². The van der Waals surface area contributed by atoms with Gasteiger partial charge in [-0.15, -0.1) is 11.8 Å². The zero-order valence-corrected chi connectivity index (χ0v) is 18.4. The van der Waals surface area contributed by atoms with Crippen LogP contribution in [0.25, 0.3) is 0 Å². The summed E-state index contributed by atoms with van der Waals surface area (Å²) in [5.74, 6) is -0.480. The monoisotopic (exact) mass is 419 g/mol. The molecule has 0 bridgehead atoms. The lowest BCUT2D eigenvalue weighted by molar-refractivity contribution is -0.119. The molecule has 0 fully saturated rings. The molecule has 0 saturated carbocycles. The van der Waals surface area contributed by atoms with Gasteiger partial charge in [0, 0.05) is 10.6 Å². The maximum Gasteiger partial charge on any atom is 0.340 e. The van der Waals surface area contributed by atoms with E-state index in [9.17, 15) is 9.59 Å². The first-order chi connectivity index (χ1) is 13.2. The second-order valence-corrected chi connectivity index (χ2v) is 8.38. The van der Waals surface area contributed by atoms with E-state index in [-0.39, 0.29) is 29.9 Å². The first-order valence-electron chi connectivity index (χ1n) is 9.17. The summed E-state index contributed by atoms with van der Waals surface area (Å²) in [7, 11) is 0. The van der Waals surface area contributed by atoms with Gasteiger partial charge in [0.1, 0.15) is 0 Å². The van der Waals surface area contributed by atoms with E-state index in [2.05, 4.69) is 33.0 Å². The molecule has 0 aliphatic heterocycles. The lowest BCUT2D eigenvalue weighted by Crippen LogP contribution is -2.23. The van der Waals surface area contributed by atoms with Gasteiger partial charge in [-0.05, 0) is 47.4 Å². The number of rotatable bonds is 7. The number of anilines is 1. The van der Waals surface area contributed by atoms with Crippen LogP contribution in [0.4, 0.5) is 5.69 Å². The number of ether oxygens (including phenoxy) is 1. The summed E-state index contributed by atoms with van der Waals surface area (Å²) in [4.78, 5) is 25.7. The van der Waals surface area contributed by atoms with E-state index >= 15 is 0 Å². The second-order valence-electron chi connectivity index (χ2n) is 7.09. The molecule has 0 heterocycles. The van der Waals surface area contributed by atoms with Gasteiger partial charge in [-0.25, -0.2) is 4.79 Å². The minimum absolute atomic E-state index is 0.254. The van der Waals surface area contributed by atoms with Crippen LogP contribution >= 0.6 is 23.4 Å². The molecule has 2 aromatic rings. The highest BCUT2D eigenvalue weighted by atomic mass is 35.5. The van der Waals surface area contributed by atoms with Crippen molar-refractivity contribution in [3.05, 3.63) is 58.1 Å². The van der Waals surface area contributed by atoms with Gasteiger partial charge in [0.15, 0.2) is 6.61 Å². The van der Waals surface area contributed by atoms with Crippen LogP contribution in [0.15, 0.2) is 41.3 Å². The van der Waals surface area contributed by atoms with Crippen molar-refractivity contribution in [1.29, 1.82) is 0 Å². The van der Waals surface area contributed by atoms with E-state index in [4.69, 9.17) is 16.3 Å². The van der Waals surface area contributed by atoms with Crippen LogP contribution in [0.3, 0.4) is 0 Å². The van der Waals surface area contributed by atoms with Crippen molar-refractivity contribution >= 4 is 40.9 Å². The fraction of sp³-hybridized carbons (Fsp3) is 0.364. The smallest absolute Gasteiger partial charge is 0.340 e. The number of halogens is 1. The minimum Gasteiger partial charge on any atom is -0.452 e. The van der Waals surface area contributed by atoms with E-state index in [0.29, 0.717) is 5.02 Å². The first-order valence-corrected chi connectivity index (χ1v) is 10.8. The number of hydrogen-bond donors (Lipinski definition) is 1. The van der Waals surface area contributed by atoms with Gasteiger partial charge in [0.05, 0.1) is 10.6 Å². The van der Waals surface area contributed by atoms with Gasteiger partial charge in [-0.3, -0.25) is 4.79 Å². The summed E-state index contributed by atoms with van der Waals surface area (Å²) in [6.07, 6.45) is 1.91. The lowest BCUT2D eigenvalue weighted by Gasteiger charge is -2.20. The molecule has 0 saturated heterocycles. The standard InChI is InChI=1S/C22H26ClNO3S/c1-13(2)16-7-6-8-17(14(3)4)21(16)24-20(25)12-27-22(26)18-11-15(28-5)9-10-19(18)23/h6-11,13-14H,12H2,1-5H3,(H,24,25). The highest BCUT2D eigenvalue weighted by Crippen LogP contribution is 2.32. The quantitative estimate of drug-likeness (QED) is 0.434. The van der Waals surface area contributed by atoms with Gasteiger partial charge in [-0.1, -0.05) is 57.5 Å². The van der Waals surface area contributed by atoms with Crippen LogP contribution in [-0.2, 0) is 9.53 Å². The van der Waals surface area contributed by atoms with E-state index in [1.54, 1.807) is 12.1 Å². The Morgan fingerprint density at radius 2 is 1.68 bits per heavy atom. The van der Waals surface area contributed by atoms with E-state index in [0.717, 1.165) is 21.7 Å². The Labute approximate surface area is 176 Å². The average molecular weight is 420 g/mol. The molecule has 2 rings (SSSR count). The topological polar surface area (TPSA) is 55.4 Å². The van der Waals surface area contributed by atoms with Crippen LogP contribution < -0.4 is 5.32 Å². The lowest BCUT2D eigenvalue weighted by atomic mass is 9.92. The molecule has 28 heavy (non-hydrogen) atoms. The number of carbonyl (C=O) groups excluding carboxylic acids is 2. The molecule has 0 spiro atoms. The Morgan fingerprint density at radius 3 is 2.21 bits per heavy atom. The third-order valence-corrected chi connectivity index (χ3v) is 5.42. The average Bonchev–Trinajstić information content (AvgIpc) is 2.66. The predicted octanol–water partition coefficient (Wildman–Crippen LogP) is 6.10. The highest BCUT2D eigenvalue weighted by molar-refractivity contribution is 7.98. The van der Waals surface area contributed by atoms with Crippen molar-refractivity contribution < 1.29 is 14.3 Å². The molecule has 4 nitrogen and oxygen atoms in total. The SMILES string of the molecule is CSc1ccc(Cl)c(C(=O)OCC(=O)Nc2c(C(C)C)cccc2C(C)C)c1. The number of benzene rings is 2. The summed E-state index contributed by atoms with van der Waals surface area (Å²) >= 11 is 7.59. The summed E-state index contributed by atoms with van der Waals surface area (Å²) in [5, 5.41) is 3.23. The summed E-state index contributed by atoms with van der Waals surface area (Å²) in [5.41, 5.74) is 3.17. The van der Waals surface area contributed by atoms with Crippen LogP contribution in [-0.4, -0.2) is 24.7 Å². The molecule has 0 radical (unpaired) electrons. The number of nitrogens with one attached hydrogen (secondary N) is 1. The Kier molecular flexibility index (Phi) is 7.96. The maximum absolute atomic E-state index is 12.5. The zero-order chi connectivity index (χ0) is 20.8. The minimum atomic E-state index is -0.614. The van der Waals surface area contributed by atoms with Crippen molar-refractivity contribution in [1.82, 2.24) is 0 Å². The molecule has 0 aliphatic rings. The largest absolute Gasteiger partial charge is 0.452 e. The zero-order valence-electron chi connectivity index (χ0n) is 16.8. The number of carbonyl (C=O) groups is 2. The van der Waals surface area contributed by atoms with Crippen LogP contribution in [0.1, 0.15) is 61.0 Å². The molecule has 2 aromatic carbocycles. The molecular formula is C22H26ClNO3S. The highest BCUT2D eigenvalue weighted by Gasteiger charge is 2.18. The first kappa shape index (κ1) is 22.3. The maximum atomic E-state index is 12.5. The number of thioether (sulfide) groups is 1. The third-order valence-electron chi connectivity index (χ3n) is 4.37. The van der Waals surface area contributed by atoms with Crippen molar-refractivity contribution in [3.63, 3.8) is 0 Å². The predicted molar refractivity (Wildman–Crippen MR) is 117 cm³/mol. The van der Waals surface area contributed by atoms with E-state index in [1.165, 1.54) is 11.8 Å². The number of esters is 1. The van der Waals surface area contributed by atoms with Crippen molar-refractivity contribution in [3.8, 4) is 0 Å². The molecule has 0 unspecified atom stereocenters. The van der Waals surface area contributed by atoms with Crippen LogP contribution in [0.5, 0.6) is 0 Å². The van der Waals surface area contributed by atoms with Crippen LogP contribution in [0.2, 0.25) is 5.02 Å². The Bertz CT molecular complexity index is 839. The summed E-state index contributed by atoms with van der Waals surface area (Å²) < 4.78 is 5.20.